The van der Waals surface area contributed by atoms with E-state index in [0.717, 1.165) is 95.8 Å². The van der Waals surface area contributed by atoms with E-state index < -0.39 is 97.5 Å². The average molecular weight is 1370 g/mol. The van der Waals surface area contributed by atoms with Gasteiger partial charge in [0, 0.05) is 25.7 Å². The molecular formula is C74H144O17P2. The van der Waals surface area contributed by atoms with E-state index in [0.29, 0.717) is 25.7 Å². The highest BCUT2D eigenvalue weighted by Gasteiger charge is 2.30. The second-order valence-electron chi connectivity index (χ2n) is 26.9. The van der Waals surface area contributed by atoms with Crippen LogP contribution in [0.4, 0.5) is 0 Å². The first-order valence-corrected chi connectivity index (χ1v) is 41.7. The molecule has 0 spiro atoms. The van der Waals surface area contributed by atoms with Gasteiger partial charge in [-0.3, -0.25) is 37.3 Å². The Kier molecular flexibility index (Phi) is 65.9. The van der Waals surface area contributed by atoms with Crippen LogP contribution in [0, 0.1) is 5.92 Å². The van der Waals surface area contributed by atoms with Crippen LogP contribution in [-0.2, 0) is 65.4 Å². The lowest BCUT2D eigenvalue weighted by Gasteiger charge is -2.21. The molecule has 0 saturated carbocycles. The fourth-order valence-corrected chi connectivity index (χ4v) is 12.9. The fourth-order valence-electron chi connectivity index (χ4n) is 11.3. The maximum Gasteiger partial charge on any atom is 0.472 e. The predicted molar refractivity (Wildman–Crippen MR) is 377 cm³/mol. The molecule has 3 unspecified atom stereocenters. The minimum absolute atomic E-state index is 0.107. The van der Waals surface area contributed by atoms with E-state index in [-0.39, 0.29) is 25.7 Å². The van der Waals surface area contributed by atoms with Gasteiger partial charge in [-0.15, -0.1) is 0 Å². The van der Waals surface area contributed by atoms with Crippen molar-refractivity contribution >= 4 is 39.5 Å². The van der Waals surface area contributed by atoms with Gasteiger partial charge in [-0.05, 0) is 31.6 Å². The summed E-state index contributed by atoms with van der Waals surface area (Å²) >= 11 is 0. The number of carbonyl (C=O) groups excluding carboxylic acids is 4. The quantitative estimate of drug-likeness (QED) is 0.0222. The van der Waals surface area contributed by atoms with Crippen molar-refractivity contribution in [2.45, 2.75) is 406 Å². The van der Waals surface area contributed by atoms with Gasteiger partial charge in [0.15, 0.2) is 12.2 Å². The standard InChI is InChI=1S/C74H144O17P2/c1-6-10-13-16-19-22-24-25-26-27-28-29-30-31-32-33-40-45-50-55-60-74(79)91-70(64-85-72(77)58-53-48-43-39-35-34-37-41-46-51-56-67(5)9-4)66-89-93(82,83)87-62-68(75)61-86-92(80,81)88-65-69(63-84-71(76)57-52-47-42-36-21-18-15-12-8-3)90-73(78)59-54-49-44-38-23-20-17-14-11-7-2/h67-70,75H,6-66H2,1-5H3,(H,80,81)(H,82,83)/t67?,68-,69+,70+/m0/s1. The Morgan fingerprint density at radius 1 is 0.301 bits per heavy atom. The first-order valence-electron chi connectivity index (χ1n) is 38.7. The summed E-state index contributed by atoms with van der Waals surface area (Å²) in [6.45, 7) is 7.28. The third-order valence-electron chi connectivity index (χ3n) is 17.6. The van der Waals surface area contributed by atoms with Crippen molar-refractivity contribution in [1.82, 2.24) is 0 Å². The van der Waals surface area contributed by atoms with Crippen LogP contribution < -0.4 is 0 Å². The molecule has 0 aromatic carbocycles. The zero-order valence-electron chi connectivity index (χ0n) is 60.4. The summed E-state index contributed by atoms with van der Waals surface area (Å²) in [5.41, 5.74) is 0. The number of esters is 4. The number of carbonyl (C=O) groups is 4. The van der Waals surface area contributed by atoms with Crippen molar-refractivity contribution in [2.24, 2.45) is 5.92 Å². The first-order chi connectivity index (χ1) is 45.1. The van der Waals surface area contributed by atoms with Crippen LogP contribution in [0.3, 0.4) is 0 Å². The van der Waals surface area contributed by atoms with E-state index >= 15 is 0 Å². The molecule has 0 amide bonds. The van der Waals surface area contributed by atoms with Crippen LogP contribution in [0.1, 0.15) is 388 Å². The number of aliphatic hydroxyl groups is 1. The second kappa shape index (κ2) is 67.3. The van der Waals surface area contributed by atoms with Gasteiger partial charge in [0.2, 0.25) is 0 Å². The fraction of sp³-hybridized carbons (Fsp3) is 0.946. The van der Waals surface area contributed by atoms with Crippen LogP contribution in [0.5, 0.6) is 0 Å². The Labute approximate surface area is 568 Å². The molecule has 0 saturated heterocycles. The summed E-state index contributed by atoms with van der Waals surface area (Å²) < 4.78 is 68.4. The lowest BCUT2D eigenvalue weighted by atomic mass is 9.99. The largest absolute Gasteiger partial charge is 0.472 e. The van der Waals surface area contributed by atoms with Gasteiger partial charge in [0.05, 0.1) is 26.4 Å². The molecule has 93 heavy (non-hydrogen) atoms. The summed E-state index contributed by atoms with van der Waals surface area (Å²) in [4.78, 5) is 72.6. The SMILES string of the molecule is CCCCCCCCCCCCCCCCCCCCCCC(=O)O[C@H](COC(=O)CCCCCCCCCCCCC(C)CC)COP(=O)(O)OC[C@@H](O)COP(=O)(O)OC[C@@H](COC(=O)CCCCCCCCCCC)OC(=O)CCCCCCCCCCCC. The predicted octanol–water partition coefficient (Wildman–Crippen LogP) is 21.7. The first kappa shape index (κ1) is 91.1. The summed E-state index contributed by atoms with van der Waals surface area (Å²) in [5, 5.41) is 10.6. The van der Waals surface area contributed by atoms with Crippen molar-refractivity contribution in [3.05, 3.63) is 0 Å². The zero-order valence-corrected chi connectivity index (χ0v) is 62.2. The van der Waals surface area contributed by atoms with E-state index in [9.17, 15) is 43.2 Å². The summed E-state index contributed by atoms with van der Waals surface area (Å²) in [7, 11) is -9.90. The topological polar surface area (TPSA) is 237 Å². The van der Waals surface area contributed by atoms with Crippen molar-refractivity contribution in [1.29, 1.82) is 0 Å². The smallest absolute Gasteiger partial charge is 0.462 e. The monoisotopic (exact) mass is 1370 g/mol. The molecule has 3 N–H and O–H groups in total. The van der Waals surface area contributed by atoms with Crippen molar-refractivity contribution < 1.29 is 80.2 Å². The number of hydrogen-bond donors (Lipinski definition) is 3. The van der Waals surface area contributed by atoms with E-state index in [1.54, 1.807) is 0 Å². The van der Waals surface area contributed by atoms with Gasteiger partial charge >= 0.3 is 39.5 Å². The van der Waals surface area contributed by atoms with Crippen LogP contribution >= 0.6 is 15.6 Å². The second-order valence-corrected chi connectivity index (χ2v) is 29.8. The molecule has 0 fully saturated rings. The molecule has 0 rings (SSSR count). The molecular weight excluding hydrogens is 1220 g/mol. The third kappa shape index (κ3) is 67.0. The number of rotatable bonds is 74. The molecule has 0 aliphatic rings. The van der Waals surface area contributed by atoms with Gasteiger partial charge in [-0.25, -0.2) is 9.13 Å². The Morgan fingerprint density at radius 3 is 0.763 bits per heavy atom. The van der Waals surface area contributed by atoms with Crippen LogP contribution in [0.25, 0.3) is 0 Å². The normalized spacial score (nSPS) is 14.3. The number of unbranched alkanes of at least 4 members (excludes halogenated alkanes) is 45. The summed E-state index contributed by atoms with van der Waals surface area (Å²) in [5.74, 6) is -1.31. The molecule has 552 valence electrons. The van der Waals surface area contributed by atoms with Crippen LogP contribution in [0.15, 0.2) is 0 Å². The molecule has 19 heteroatoms. The average Bonchev–Trinajstić information content (AvgIpc) is 3.75. The Balaban J connectivity index is 5.19. The lowest BCUT2D eigenvalue weighted by Crippen LogP contribution is -2.30. The number of phosphoric ester groups is 2. The van der Waals surface area contributed by atoms with E-state index in [2.05, 4.69) is 34.6 Å². The molecule has 17 nitrogen and oxygen atoms in total. The number of phosphoric acid groups is 2. The highest BCUT2D eigenvalue weighted by Crippen LogP contribution is 2.45. The van der Waals surface area contributed by atoms with Crippen molar-refractivity contribution in [2.75, 3.05) is 39.6 Å². The lowest BCUT2D eigenvalue weighted by molar-refractivity contribution is -0.161. The van der Waals surface area contributed by atoms with Gasteiger partial charge in [-0.1, -0.05) is 336 Å². The van der Waals surface area contributed by atoms with Crippen molar-refractivity contribution in [3.8, 4) is 0 Å². The number of aliphatic hydroxyl groups excluding tert-OH is 1. The third-order valence-corrected chi connectivity index (χ3v) is 19.5. The maximum atomic E-state index is 13.1. The van der Waals surface area contributed by atoms with Gasteiger partial charge in [0.1, 0.15) is 19.3 Å². The molecule has 0 aromatic heterocycles. The summed E-state index contributed by atoms with van der Waals surface area (Å²) in [6, 6.07) is 0. The number of hydrogen-bond acceptors (Lipinski definition) is 15. The Morgan fingerprint density at radius 2 is 0.516 bits per heavy atom. The molecule has 6 atom stereocenters. The Bertz CT molecular complexity index is 1790. The molecule has 0 bridgehead atoms. The van der Waals surface area contributed by atoms with Crippen molar-refractivity contribution in [3.63, 3.8) is 0 Å². The Hall–Kier alpha value is -1.94. The van der Waals surface area contributed by atoms with Gasteiger partial charge < -0.3 is 33.8 Å². The van der Waals surface area contributed by atoms with Gasteiger partial charge in [0.25, 0.3) is 0 Å². The van der Waals surface area contributed by atoms with E-state index in [1.807, 2.05) is 0 Å². The van der Waals surface area contributed by atoms with E-state index in [1.165, 1.54) is 212 Å². The highest BCUT2D eigenvalue weighted by atomic mass is 31.2. The van der Waals surface area contributed by atoms with Crippen LogP contribution in [0.2, 0.25) is 0 Å². The van der Waals surface area contributed by atoms with E-state index in [4.69, 9.17) is 37.0 Å². The molecule has 0 heterocycles. The molecule has 0 aromatic rings. The molecule has 0 radical (unpaired) electrons. The molecule has 0 aliphatic heterocycles. The number of ether oxygens (including phenoxy) is 4. The maximum absolute atomic E-state index is 13.1. The molecule has 0 aliphatic carbocycles. The van der Waals surface area contributed by atoms with Crippen LogP contribution in [-0.4, -0.2) is 96.7 Å². The zero-order chi connectivity index (χ0) is 68.4. The minimum atomic E-state index is -4.95. The summed E-state index contributed by atoms with van der Waals surface area (Å²) in [6.07, 6.45) is 55.5. The highest BCUT2D eigenvalue weighted by molar-refractivity contribution is 7.47. The van der Waals surface area contributed by atoms with Gasteiger partial charge in [-0.2, -0.15) is 0 Å². The minimum Gasteiger partial charge on any atom is -0.462 e.